The van der Waals surface area contributed by atoms with E-state index in [4.69, 9.17) is 21.1 Å². The first-order valence-electron chi connectivity index (χ1n) is 9.40. The lowest BCUT2D eigenvalue weighted by atomic mass is 10.0. The zero-order chi connectivity index (χ0) is 19.9. The summed E-state index contributed by atoms with van der Waals surface area (Å²) in [5.41, 5.74) is 1.44. The zero-order valence-electron chi connectivity index (χ0n) is 16.2. The maximum Gasteiger partial charge on any atom is 0.356 e. The molecule has 1 aromatic heterocycles. The third-order valence-corrected chi connectivity index (χ3v) is 4.98. The Kier molecular flexibility index (Phi) is 7.06. The summed E-state index contributed by atoms with van der Waals surface area (Å²) < 4.78 is 10.3. The van der Waals surface area contributed by atoms with Gasteiger partial charge in [0, 0.05) is 31.9 Å². The highest BCUT2D eigenvalue weighted by molar-refractivity contribution is 6.32. The van der Waals surface area contributed by atoms with Crippen molar-refractivity contribution in [1.82, 2.24) is 14.9 Å². The highest BCUT2D eigenvalue weighted by Gasteiger charge is 2.20. The largest absolute Gasteiger partial charge is 0.492 e. The molecule has 0 unspecified atom stereocenters. The number of aromatic nitrogens is 2. The van der Waals surface area contributed by atoms with Gasteiger partial charge in [0.2, 0.25) is 5.95 Å². The van der Waals surface area contributed by atoms with Crippen molar-refractivity contribution in [2.24, 2.45) is 0 Å². The SMILES string of the molecule is CCOc1cc(CN2CCC(Nc3nccc(C(=O)OC)n3)CC2)ccc1Cl. The van der Waals surface area contributed by atoms with E-state index < -0.39 is 5.97 Å². The molecular weight excluding hydrogens is 380 g/mol. The number of carbonyl (C=O) groups excluding carboxylic acids is 1. The molecule has 2 aromatic rings. The molecule has 2 heterocycles. The minimum Gasteiger partial charge on any atom is -0.492 e. The van der Waals surface area contributed by atoms with E-state index >= 15 is 0 Å². The van der Waals surface area contributed by atoms with E-state index in [9.17, 15) is 4.79 Å². The Hall–Kier alpha value is -2.38. The number of carbonyl (C=O) groups is 1. The number of ether oxygens (including phenoxy) is 2. The maximum atomic E-state index is 11.6. The molecule has 1 aliphatic heterocycles. The molecule has 8 heteroatoms. The van der Waals surface area contributed by atoms with Crippen LogP contribution in [0, 0.1) is 0 Å². The lowest BCUT2D eigenvalue weighted by molar-refractivity contribution is 0.0594. The van der Waals surface area contributed by atoms with Gasteiger partial charge >= 0.3 is 5.97 Å². The Bertz CT molecular complexity index is 810. The summed E-state index contributed by atoms with van der Waals surface area (Å²) in [4.78, 5) is 22.4. The topological polar surface area (TPSA) is 76.6 Å². The number of likely N-dealkylation sites (tertiary alicyclic amines) is 1. The van der Waals surface area contributed by atoms with Gasteiger partial charge in [-0.25, -0.2) is 14.8 Å². The van der Waals surface area contributed by atoms with Crippen LogP contribution in [0.5, 0.6) is 5.75 Å². The molecule has 1 saturated heterocycles. The molecule has 28 heavy (non-hydrogen) atoms. The molecule has 150 valence electrons. The first-order valence-corrected chi connectivity index (χ1v) is 9.78. The Morgan fingerprint density at radius 2 is 2.11 bits per heavy atom. The molecule has 1 fully saturated rings. The second-order valence-electron chi connectivity index (χ2n) is 6.65. The molecule has 0 atom stereocenters. The van der Waals surface area contributed by atoms with Crippen molar-refractivity contribution in [2.75, 3.05) is 32.1 Å². The monoisotopic (exact) mass is 404 g/mol. The summed E-state index contributed by atoms with van der Waals surface area (Å²) in [6.07, 6.45) is 3.50. The summed E-state index contributed by atoms with van der Waals surface area (Å²) in [6, 6.07) is 7.77. The van der Waals surface area contributed by atoms with Crippen LogP contribution in [0.4, 0.5) is 5.95 Å². The van der Waals surface area contributed by atoms with Gasteiger partial charge in [-0.2, -0.15) is 0 Å². The fraction of sp³-hybridized carbons (Fsp3) is 0.450. The van der Waals surface area contributed by atoms with Crippen LogP contribution in [-0.4, -0.2) is 53.7 Å². The van der Waals surface area contributed by atoms with Crippen molar-refractivity contribution in [3.8, 4) is 5.75 Å². The van der Waals surface area contributed by atoms with Crippen molar-refractivity contribution >= 4 is 23.5 Å². The van der Waals surface area contributed by atoms with Crippen molar-refractivity contribution in [2.45, 2.75) is 32.4 Å². The fourth-order valence-corrected chi connectivity index (χ4v) is 3.41. The Labute approximate surface area is 170 Å². The van der Waals surface area contributed by atoms with Crippen LogP contribution in [0.1, 0.15) is 35.8 Å². The summed E-state index contributed by atoms with van der Waals surface area (Å²) in [5, 5.41) is 3.97. The number of hydrogen-bond acceptors (Lipinski definition) is 7. The van der Waals surface area contributed by atoms with Crippen LogP contribution in [0.3, 0.4) is 0 Å². The van der Waals surface area contributed by atoms with Gasteiger partial charge in [-0.15, -0.1) is 0 Å². The Morgan fingerprint density at radius 3 is 2.82 bits per heavy atom. The smallest absolute Gasteiger partial charge is 0.356 e. The van der Waals surface area contributed by atoms with E-state index in [0.717, 1.165) is 38.2 Å². The highest BCUT2D eigenvalue weighted by atomic mass is 35.5. The fourth-order valence-electron chi connectivity index (χ4n) is 3.23. The predicted octanol–water partition coefficient (Wildman–Crippen LogP) is 3.39. The number of nitrogens with zero attached hydrogens (tertiary/aromatic N) is 3. The Morgan fingerprint density at radius 1 is 1.32 bits per heavy atom. The number of methoxy groups -OCH3 is 1. The van der Waals surface area contributed by atoms with Gasteiger partial charge in [0.15, 0.2) is 5.69 Å². The number of nitrogens with one attached hydrogen (secondary N) is 1. The van der Waals surface area contributed by atoms with Crippen molar-refractivity contribution in [3.05, 3.63) is 46.7 Å². The molecule has 0 aliphatic carbocycles. The molecule has 1 N–H and O–H groups in total. The van der Waals surface area contributed by atoms with Crippen LogP contribution >= 0.6 is 11.6 Å². The third kappa shape index (κ3) is 5.33. The molecule has 3 rings (SSSR count). The number of benzene rings is 1. The van der Waals surface area contributed by atoms with Gasteiger partial charge in [-0.05, 0) is 43.5 Å². The van der Waals surface area contributed by atoms with Gasteiger partial charge in [0.1, 0.15) is 5.75 Å². The van der Waals surface area contributed by atoms with E-state index in [0.29, 0.717) is 17.6 Å². The number of hydrogen-bond donors (Lipinski definition) is 1. The third-order valence-electron chi connectivity index (χ3n) is 4.67. The number of esters is 1. The first-order chi connectivity index (χ1) is 13.6. The molecule has 0 radical (unpaired) electrons. The van der Waals surface area contributed by atoms with Crippen LogP contribution in [-0.2, 0) is 11.3 Å². The molecular formula is C20H25ClN4O3. The van der Waals surface area contributed by atoms with E-state index in [-0.39, 0.29) is 11.7 Å². The van der Waals surface area contributed by atoms with Gasteiger partial charge in [0.05, 0.1) is 18.7 Å². The van der Waals surface area contributed by atoms with Gasteiger partial charge in [0.25, 0.3) is 0 Å². The summed E-state index contributed by atoms with van der Waals surface area (Å²) in [6.45, 7) is 5.32. The van der Waals surface area contributed by atoms with E-state index in [1.54, 1.807) is 12.3 Å². The molecule has 1 aliphatic rings. The Balaban J connectivity index is 1.52. The zero-order valence-corrected chi connectivity index (χ0v) is 16.9. The highest BCUT2D eigenvalue weighted by Crippen LogP contribution is 2.26. The second-order valence-corrected chi connectivity index (χ2v) is 7.06. The van der Waals surface area contributed by atoms with Crippen molar-refractivity contribution in [3.63, 3.8) is 0 Å². The van der Waals surface area contributed by atoms with Gasteiger partial charge in [-0.3, -0.25) is 4.90 Å². The quantitative estimate of drug-likeness (QED) is 0.708. The van der Waals surface area contributed by atoms with Crippen LogP contribution in [0.2, 0.25) is 5.02 Å². The van der Waals surface area contributed by atoms with Crippen LogP contribution < -0.4 is 10.1 Å². The molecule has 0 spiro atoms. The van der Waals surface area contributed by atoms with E-state index in [1.165, 1.54) is 12.7 Å². The predicted molar refractivity (Wildman–Crippen MR) is 108 cm³/mol. The summed E-state index contributed by atoms with van der Waals surface area (Å²) in [7, 11) is 1.34. The van der Waals surface area contributed by atoms with Crippen molar-refractivity contribution in [1.29, 1.82) is 0 Å². The lowest BCUT2D eigenvalue weighted by Gasteiger charge is -2.32. The number of halogens is 1. The molecule has 0 amide bonds. The average molecular weight is 405 g/mol. The van der Waals surface area contributed by atoms with Crippen molar-refractivity contribution < 1.29 is 14.3 Å². The molecule has 7 nitrogen and oxygen atoms in total. The van der Waals surface area contributed by atoms with Gasteiger partial charge in [-0.1, -0.05) is 17.7 Å². The summed E-state index contributed by atoms with van der Waals surface area (Å²) >= 11 is 6.17. The second kappa shape index (κ2) is 9.71. The minimum absolute atomic E-state index is 0.255. The number of piperidine rings is 1. The van der Waals surface area contributed by atoms with E-state index in [2.05, 4.69) is 20.2 Å². The van der Waals surface area contributed by atoms with E-state index in [1.807, 2.05) is 25.1 Å². The first kappa shape index (κ1) is 20.4. The maximum absolute atomic E-state index is 11.6. The van der Waals surface area contributed by atoms with Crippen LogP contribution in [0.15, 0.2) is 30.5 Å². The summed E-state index contributed by atoms with van der Waals surface area (Å²) in [5.74, 6) is 0.732. The van der Waals surface area contributed by atoms with Crippen LogP contribution in [0.25, 0.3) is 0 Å². The number of rotatable bonds is 7. The lowest BCUT2D eigenvalue weighted by Crippen LogP contribution is -2.39. The normalized spacial score (nSPS) is 15.2. The average Bonchev–Trinajstić information content (AvgIpc) is 2.72. The van der Waals surface area contributed by atoms with Gasteiger partial charge < -0.3 is 14.8 Å². The number of anilines is 1. The molecule has 0 bridgehead atoms. The standard InChI is InChI=1S/C20H25ClN4O3/c1-3-28-18-12-14(4-5-16(18)21)13-25-10-7-15(8-11-25)23-20-22-9-6-17(24-20)19(26)27-2/h4-6,9,12,15H,3,7-8,10-11,13H2,1-2H3,(H,22,23,24). The minimum atomic E-state index is -0.463. The molecule has 1 aromatic carbocycles. The molecule has 0 saturated carbocycles.